The van der Waals surface area contributed by atoms with Gasteiger partial charge in [0.15, 0.2) is 0 Å². The zero-order valence-corrected chi connectivity index (χ0v) is 9.87. The van der Waals surface area contributed by atoms with E-state index in [1.165, 1.54) is 10.8 Å². The van der Waals surface area contributed by atoms with Crippen LogP contribution in [0.1, 0.15) is 5.56 Å². The van der Waals surface area contributed by atoms with E-state index >= 15 is 0 Å². The van der Waals surface area contributed by atoms with Gasteiger partial charge in [-0.25, -0.2) is 0 Å². The smallest absolute Gasteiger partial charge is 0.0780 e. The molecule has 0 atom stereocenters. The summed E-state index contributed by atoms with van der Waals surface area (Å²) in [5.41, 5.74) is 1.26. The Morgan fingerprint density at radius 1 is 1.17 bits per heavy atom. The molecule has 0 aliphatic rings. The molecule has 0 radical (unpaired) electrons. The monoisotopic (exact) mass is 198 g/mol. The predicted octanol–water partition coefficient (Wildman–Crippen LogP) is 3.19. The third-order valence-electron chi connectivity index (χ3n) is 2.08. The molecule has 0 saturated carbocycles. The first-order valence-corrected chi connectivity index (χ1v) is 8.06. The minimum absolute atomic E-state index is 0.898. The fourth-order valence-electron chi connectivity index (χ4n) is 1.42. The van der Waals surface area contributed by atoms with Crippen molar-refractivity contribution >= 4 is 24.9 Å². The number of benzene rings is 1. The molecule has 66 valence electrons. The largest absolute Gasteiger partial charge is 0.0841 e. The Balaban J connectivity index is 3.26. The third kappa shape index (κ3) is 1.90. The molecule has 0 N–H and O–H groups in total. The Labute approximate surface area is 80.6 Å². The molecule has 2 heteroatoms. The zero-order chi connectivity index (χ0) is 9.35. The topological polar surface area (TPSA) is 0 Å². The minimum atomic E-state index is -1.19. The van der Waals surface area contributed by atoms with E-state index in [9.17, 15) is 0 Å². The Kier molecular flexibility index (Phi) is 2.64. The van der Waals surface area contributed by atoms with E-state index < -0.39 is 8.07 Å². The summed E-state index contributed by atoms with van der Waals surface area (Å²) in [6, 6.07) is 6.21. The summed E-state index contributed by atoms with van der Waals surface area (Å²) in [5, 5.41) is 2.37. The summed E-state index contributed by atoms with van der Waals surface area (Å²) in [6.45, 7) is 9.12. The Hall–Kier alpha value is -0.273. The van der Waals surface area contributed by atoms with Gasteiger partial charge in [0.05, 0.1) is 8.07 Å². The van der Waals surface area contributed by atoms with Gasteiger partial charge in [-0.3, -0.25) is 0 Å². The molecule has 0 fully saturated rings. The lowest BCUT2D eigenvalue weighted by Crippen LogP contribution is -2.39. The van der Waals surface area contributed by atoms with Crippen molar-refractivity contribution in [3.8, 4) is 0 Å². The first-order valence-electron chi connectivity index (χ1n) is 4.18. The molecule has 12 heavy (non-hydrogen) atoms. The summed E-state index contributed by atoms with van der Waals surface area (Å²) in [4.78, 5) is 0. The number of hydrogen-bond donors (Lipinski definition) is 0. The van der Waals surface area contributed by atoms with E-state index in [2.05, 4.69) is 32.6 Å². The second kappa shape index (κ2) is 3.23. The molecule has 0 saturated heterocycles. The Morgan fingerprint density at radius 2 is 1.75 bits per heavy atom. The molecule has 1 aromatic rings. The van der Waals surface area contributed by atoms with Crippen molar-refractivity contribution in [2.45, 2.75) is 26.6 Å². The quantitative estimate of drug-likeness (QED) is 0.609. The van der Waals surface area contributed by atoms with E-state index in [0.717, 1.165) is 5.02 Å². The van der Waals surface area contributed by atoms with Gasteiger partial charge in [0.25, 0.3) is 0 Å². The second-order valence-corrected chi connectivity index (χ2v) is 9.61. The predicted molar refractivity (Wildman–Crippen MR) is 59.2 cm³/mol. The molecule has 0 aliphatic heterocycles. The minimum Gasteiger partial charge on any atom is -0.0841 e. The zero-order valence-electron chi connectivity index (χ0n) is 8.11. The fourth-order valence-corrected chi connectivity index (χ4v) is 3.53. The number of rotatable bonds is 1. The van der Waals surface area contributed by atoms with E-state index in [1.807, 2.05) is 12.1 Å². The molecule has 0 nitrogen and oxygen atoms in total. The van der Waals surface area contributed by atoms with Crippen molar-refractivity contribution in [3.05, 3.63) is 28.8 Å². The maximum atomic E-state index is 6.04. The van der Waals surface area contributed by atoms with Crippen molar-refractivity contribution in [3.63, 3.8) is 0 Å². The highest BCUT2D eigenvalue weighted by Crippen LogP contribution is 2.15. The van der Waals surface area contributed by atoms with Gasteiger partial charge in [0, 0.05) is 5.02 Å². The van der Waals surface area contributed by atoms with Crippen LogP contribution < -0.4 is 5.19 Å². The first-order chi connectivity index (χ1) is 5.43. The fraction of sp³-hybridized carbons (Fsp3) is 0.400. The average molecular weight is 199 g/mol. The maximum Gasteiger partial charge on any atom is 0.0780 e. The molecule has 0 aromatic heterocycles. The molecule has 0 spiro atoms. The number of hydrogen-bond acceptors (Lipinski definition) is 0. The van der Waals surface area contributed by atoms with Crippen molar-refractivity contribution in [1.82, 2.24) is 0 Å². The van der Waals surface area contributed by atoms with Crippen LogP contribution in [-0.2, 0) is 0 Å². The van der Waals surface area contributed by atoms with Crippen LogP contribution in [0.15, 0.2) is 18.2 Å². The molecule has 1 aromatic carbocycles. The van der Waals surface area contributed by atoms with E-state index in [1.54, 1.807) is 0 Å². The molecular formula is C10H15ClSi. The van der Waals surface area contributed by atoms with Crippen LogP contribution in [0.2, 0.25) is 24.7 Å². The SMILES string of the molecule is Cc1c(Cl)cccc1[Si](C)(C)C. The van der Waals surface area contributed by atoms with E-state index in [4.69, 9.17) is 11.6 Å². The van der Waals surface area contributed by atoms with Crippen LogP contribution >= 0.6 is 11.6 Å². The lowest BCUT2D eigenvalue weighted by Gasteiger charge is -2.19. The van der Waals surface area contributed by atoms with Gasteiger partial charge in [-0.2, -0.15) is 0 Å². The van der Waals surface area contributed by atoms with E-state index in [-0.39, 0.29) is 0 Å². The normalized spacial score (nSPS) is 11.8. The average Bonchev–Trinajstić information content (AvgIpc) is 1.92. The van der Waals surface area contributed by atoms with Gasteiger partial charge in [0.2, 0.25) is 0 Å². The molecular weight excluding hydrogens is 184 g/mol. The van der Waals surface area contributed by atoms with Crippen LogP contribution in [0.5, 0.6) is 0 Å². The molecule has 0 unspecified atom stereocenters. The summed E-state index contributed by atoms with van der Waals surface area (Å²) < 4.78 is 0. The molecule has 1 rings (SSSR count). The Bertz CT molecular complexity index is 286. The summed E-state index contributed by atoms with van der Waals surface area (Å²) in [6.07, 6.45) is 0. The van der Waals surface area contributed by atoms with Crippen molar-refractivity contribution in [2.75, 3.05) is 0 Å². The highest BCUT2D eigenvalue weighted by molar-refractivity contribution is 6.89. The second-order valence-electron chi connectivity index (χ2n) is 4.16. The highest BCUT2D eigenvalue weighted by atomic mass is 35.5. The molecule has 0 amide bonds. The van der Waals surface area contributed by atoms with Gasteiger partial charge in [0.1, 0.15) is 0 Å². The van der Waals surface area contributed by atoms with Gasteiger partial charge in [-0.15, -0.1) is 0 Å². The lowest BCUT2D eigenvalue weighted by molar-refractivity contribution is 1.49. The van der Waals surface area contributed by atoms with Crippen LogP contribution in [-0.4, -0.2) is 8.07 Å². The summed E-state index contributed by atoms with van der Waals surface area (Å²) in [5.74, 6) is 0. The van der Waals surface area contributed by atoms with Gasteiger partial charge < -0.3 is 0 Å². The van der Waals surface area contributed by atoms with E-state index in [0.29, 0.717) is 0 Å². The standard InChI is InChI=1S/C10H15ClSi/c1-8-9(11)6-5-7-10(8)12(2,3)4/h5-7H,1-4H3. The molecule has 0 heterocycles. The molecule has 0 bridgehead atoms. The van der Waals surface area contributed by atoms with Crippen molar-refractivity contribution < 1.29 is 0 Å². The van der Waals surface area contributed by atoms with Gasteiger partial charge in [-0.05, 0) is 18.6 Å². The highest BCUT2D eigenvalue weighted by Gasteiger charge is 2.18. The van der Waals surface area contributed by atoms with Crippen LogP contribution in [0.4, 0.5) is 0 Å². The van der Waals surface area contributed by atoms with Crippen molar-refractivity contribution in [1.29, 1.82) is 0 Å². The third-order valence-corrected chi connectivity index (χ3v) is 4.64. The van der Waals surface area contributed by atoms with Gasteiger partial charge in [-0.1, -0.05) is 48.6 Å². The van der Waals surface area contributed by atoms with Crippen LogP contribution in [0.25, 0.3) is 0 Å². The van der Waals surface area contributed by atoms with Crippen LogP contribution in [0, 0.1) is 6.92 Å². The van der Waals surface area contributed by atoms with Crippen molar-refractivity contribution in [2.24, 2.45) is 0 Å². The lowest BCUT2D eigenvalue weighted by atomic mass is 10.2. The molecule has 0 aliphatic carbocycles. The summed E-state index contributed by atoms with van der Waals surface area (Å²) in [7, 11) is -1.19. The first kappa shape index (κ1) is 9.81. The maximum absolute atomic E-state index is 6.04. The summed E-state index contributed by atoms with van der Waals surface area (Å²) >= 11 is 6.04. The number of halogens is 1. The van der Waals surface area contributed by atoms with Crippen LogP contribution in [0.3, 0.4) is 0 Å². The van der Waals surface area contributed by atoms with Gasteiger partial charge >= 0.3 is 0 Å². The Morgan fingerprint density at radius 3 is 2.17 bits per heavy atom.